The van der Waals surface area contributed by atoms with E-state index in [1.807, 2.05) is 17.0 Å². The predicted molar refractivity (Wildman–Crippen MR) is 71.5 cm³/mol. The number of amides is 1. The molecule has 1 heterocycles. The van der Waals surface area contributed by atoms with Crippen molar-refractivity contribution in [1.82, 2.24) is 4.90 Å². The maximum absolute atomic E-state index is 12.1. The van der Waals surface area contributed by atoms with Gasteiger partial charge in [-0.3, -0.25) is 4.79 Å². The highest BCUT2D eigenvalue weighted by atomic mass is 16.5. The van der Waals surface area contributed by atoms with Crippen LogP contribution in [0.5, 0.6) is 0 Å². The Morgan fingerprint density at radius 3 is 2.89 bits per heavy atom. The number of likely N-dealkylation sites (tertiary alicyclic amines) is 1. The van der Waals surface area contributed by atoms with Crippen LogP contribution >= 0.6 is 0 Å². The van der Waals surface area contributed by atoms with Crippen LogP contribution in [0.3, 0.4) is 0 Å². The summed E-state index contributed by atoms with van der Waals surface area (Å²) in [6.45, 7) is 3.69. The molecule has 1 aromatic carbocycles. The number of nitrogens with zero attached hydrogens (tertiary/aromatic N) is 1. The Kier molecular flexibility index (Phi) is 4.37. The van der Waals surface area contributed by atoms with Crippen molar-refractivity contribution in [3.05, 3.63) is 35.4 Å². The van der Waals surface area contributed by atoms with E-state index in [4.69, 9.17) is 4.74 Å². The van der Waals surface area contributed by atoms with E-state index < -0.39 is 0 Å². The lowest BCUT2D eigenvalue weighted by molar-refractivity contribution is -0.129. The van der Waals surface area contributed by atoms with E-state index in [0.29, 0.717) is 6.42 Å². The summed E-state index contributed by atoms with van der Waals surface area (Å²) >= 11 is 0. The largest absolute Gasteiger partial charge is 0.380 e. The molecule has 1 aliphatic rings. The van der Waals surface area contributed by atoms with Gasteiger partial charge in [0.1, 0.15) is 0 Å². The van der Waals surface area contributed by atoms with Crippen molar-refractivity contribution >= 4 is 5.91 Å². The summed E-state index contributed by atoms with van der Waals surface area (Å²) in [7, 11) is 1.71. The highest BCUT2D eigenvalue weighted by Gasteiger charge is 2.25. The van der Waals surface area contributed by atoms with Crippen LogP contribution in [0.4, 0.5) is 0 Å². The molecule has 0 aromatic heterocycles. The molecular weight excluding hydrogens is 226 g/mol. The molecule has 3 heteroatoms. The predicted octanol–water partition coefficient (Wildman–Crippen LogP) is 2.04. The highest BCUT2D eigenvalue weighted by molar-refractivity contribution is 5.79. The normalized spacial score (nSPS) is 19.2. The van der Waals surface area contributed by atoms with Crippen molar-refractivity contribution in [2.45, 2.75) is 32.3 Å². The van der Waals surface area contributed by atoms with Crippen LogP contribution in [0.15, 0.2) is 24.3 Å². The second-order valence-electron chi connectivity index (χ2n) is 4.84. The van der Waals surface area contributed by atoms with Gasteiger partial charge in [-0.05, 0) is 24.0 Å². The Morgan fingerprint density at radius 2 is 2.22 bits per heavy atom. The van der Waals surface area contributed by atoms with Crippen LogP contribution in [0.2, 0.25) is 0 Å². The fourth-order valence-corrected chi connectivity index (χ4v) is 2.39. The molecule has 1 aromatic rings. The molecule has 1 fully saturated rings. The average Bonchev–Trinajstić information content (AvgIpc) is 2.88. The lowest BCUT2D eigenvalue weighted by Gasteiger charge is -2.16. The molecule has 2 rings (SSSR count). The lowest BCUT2D eigenvalue weighted by Crippen LogP contribution is -2.31. The molecule has 98 valence electrons. The molecule has 1 aliphatic heterocycles. The van der Waals surface area contributed by atoms with Crippen molar-refractivity contribution in [2.75, 3.05) is 20.2 Å². The summed E-state index contributed by atoms with van der Waals surface area (Å²) in [6.07, 6.45) is 2.69. The Bertz CT molecular complexity index is 417. The first-order chi connectivity index (χ1) is 8.72. The Hall–Kier alpha value is -1.35. The number of carbonyl (C=O) groups excluding carboxylic acids is 1. The maximum Gasteiger partial charge on any atom is 0.227 e. The number of rotatable bonds is 4. The minimum absolute atomic E-state index is 0.211. The average molecular weight is 247 g/mol. The molecular formula is C15H21NO2. The monoisotopic (exact) mass is 247 g/mol. The van der Waals surface area contributed by atoms with Crippen molar-refractivity contribution < 1.29 is 9.53 Å². The van der Waals surface area contributed by atoms with Crippen LogP contribution in [0, 0.1) is 0 Å². The smallest absolute Gasteiger partial charge is 0.227 e. The van der Waals surface area contributed by atoms with Crippen LogP contribution in [0.1, 0.15) is 24.5 Å². The molecule has 1 atom stereocenters. The van der Waals surface area contributed by atoms with Gasteiger partial charge in [0.2, 0.25) is 5.91 Å². The van der Waals surface area contributed by atoms with Gasteiger partial charge in [-0.15, -0.1) is 0 Å². The Morgan fingerprint density at radius 1 is 1.44 bits per heavy atom. The number of aryl methyl sites for hydroxylation is 1. The third-order valence-corrected chi connectivity index (χ3v) is 3.59. The summed E-state index contributed by atoms with van der Waals surface area (Å²) in [6, 6.07) is 8.29. The van der Waals surface area contributed by atoms with E-state index in [-0.39, 0.29) is 12.0 Å². The number of methoxy groups -OCH3 is 1. The first-order valence-corrected chi connectivity index (χ1v) is 6.61. The van der Waals surface area contributed by atoms with Gasteiger partial charge in [-0.2, -0.15) is 0 Å². The quantitative estimate of drug-likeness (QED) is 0.815. The van der Waals surface area contributed by atoms with Crippen LogP contribution in [-0.4, -0.2) is 37.1 Å². The minimum Gasteiger partial charge on any atom is -0.380 e. The molecule has 0 aliphatic carbocycles. The molecule has 3 nitrogen and oxygen atoms in total. The third-order valence-electron chi connectivity index (χ3n) is 3.59. The van der Waals surface area contributed by atoms with Crippen molar-refractivity contribution in [2.24, 2.45) is 0 Å². The van der Waals surface area contributed by atoms with Crippen LogP contribution < -0.4 is 0 Å². The van der Waals surface area contributed by atoms with E-state index in [1.165, 1.54) is 5.56 Å². The zero-order valence-electron chi connectivity index (χ0n) is 11.2. The molecule has 0 N–H and O–H groups in total. The summed E-state index contributed by atoms with van der Waals surface area (Å²) in [4.78, 5) is 14.1. The van der Waals surface area contributed by atoms with Gasteiger partial charge in [-0.25, -0.2) is 0 Å². The van der Waals surface area contributed by atoms with E-state index in [0.717, 1.165) is 31.5 Å². The number of carbonyl (C=O) groups is 1. The third kappa shape index (κ3) is 3.10. The minimum atomic E-state index is 0.211. The lowest BCUT2D eigenvalue weighted by atomic mass is 10.1. The highest BCUT2D eigenvalue weighted by Crippen LogP contribution is 2.14. The van der Waals surface area contributed by atoms with Gasteiger partial charge in [0, 0.05) is 20.2 Å². The molecule has 18 heavy (non-hydrogen) atoms. The molecule has 1 saturated heterocycles. The van der Waals surface area contributed by atoms with Gasteiger partial charge in [0.15, 0.2) is 0 Å². The maximum atomic E-state index is 12.1. The standard InChI is InChI=1S/C15H21NO2/c1-3-12-5-4-6-13(9-12)10-15(17)16-8-7-14(11-16)18-2/h4-6,9,14H,3,7-8,10-11H2,1-2H3. The van der Waals surface area contributed by atoms with Crippen LogP contribution in [-0.2, 0) is 22.4 Å². The summed E-state index contributed by atoms with van der Waals surface area (Å²) in [5.74, 6) is 0.211. The van der Waals surface area contributed by atoms with E-state index >= 15 is 0 Å². The Labute approximate surface area is 109 Å². The van der Waals surface area contributed by atoms with Crippen molar-refractivity contribution in [1.29, 1.82) is 0 Å². The molecule has 1 unspecified atom stereocenters. The van der Waals surface area contributed by atoms with Crippen LogP contribution in [0.25, 0.3) is 0 Å². The van der Waals surface area contributed by atoms with Gasteiger partial charge in [-0.1, -0.05) is 31.2 Å². The van der Waals surface area contributed by atoms with E-state index in [2.05, 4.69) is 19.1 Å². The fourth-order valence-electron chi connectivity index (χ4n) is 2.39. The number of hydrogen-bond acceptors (Lipinski definition) is 2. The molecule has 0 spiro atoms. The van der Waals surface area contributed by atoms with Gasteiger partial charge >= 0.3 is 0 Å². The fraction of sp³-hybridized carbons (Fsp3) is 0.533. The zero-order chi connectivity index (χ0) is 13.0. The van der Waals surface area contributed by atoms with Crippen molar-refractivity contribution in [3.63, 3.8) is 0 Å². The molecule has 1 amide bonds. The zero-order valence-corrected chi connectivity index (χ0v) is 11.2. The Balaban J connectivity index is 1.94. The van der Waals surface area contributed by atoms with Gasteiger partial charge < -0.3 is 9.64 Å². The molecule has 0 saturated carbocycles. The molecule has 0 bridgehead atoms. The molecule has 0 radical (unpaired) electrons. The number of ether oxygens (including phenoxy) is 1. The SMILES string of the molecule is CCc1cccc(CC(=O)N2CCC(OC)C2)c1. The van der Waals surface area contributed by atoms with E-state index in [1.54, 1.807) is 7.11 Å². The second-order valence-corrected chi connectivity index (χ2v) is 4.84. The van der Waals surface area contributed by atoms with Gasteiger partial charge in [0.25, 0.3) is 0 Å². The topological polar surface area (TPSA) is 29.5 Å². The van der Waals surface area contributed by atoms with Gasteiger partial charge in [0.05, 0.1) is 12.5 Å². The first kappa shape index (κ1) is 13.1. The van der Waals surface area contributed by atoms with Crippen molar-refractivity contribution in [3.8, 4) is 0 Å². The first-order valence-electron chi connectivity index (χ1n) is 6.61. The summed E-state index contributed by atoms with van der Waals surface area (Å²) < 4.78 is 5.28. The van der Waals surface area contributed by atoms with E-state index in [9.17, 15) is 4.79 Å². The number of hydrogen-bond donors (Lipinski definition) is 0. The summed E-state index contributed by atoms with van der Waals surface area (Å²) in [5.41, 5.74) is 2.40. The summed E-state index contributed by atoms with van der Waals surface area (Å²) in [5, 5.41) is 0. The second kappa shape index (κ2) is 6.01. The number of benzene rings is 1.